The Balaban J connectivity index is 2.16. The van der Waals surface area contributed by atoms with Crippen LogP contribution in [-0.2, 0) is 24.1 Å². The average molecular weight is 456 g/mol. The number of nitrogens with zero attached hydrogens (tertiary/aromatic N) is 2. The van der Waals surface area contributed by atoms with E-state index in [0.717, 1.165) is 25.3 Å². The van der Waals surface area contributed by atoms with E-state index < -0.39 is 50.9 Å². The molecule has 1 unspecified atom stereocenters. The molecule has 0 saturated carbocycles. The van der Waals surface area contributed by atoms with Crippen molar-refractivity contribution < 1.29 is 37.2 Å². The van der Waals surface area contributed by atoms with Crippen LogP contribution in [0, 0.1) is 16.0 Å². The molecule has 31 heavy (non-hydrogen) atoms. The van der Waals surface area contributed by atoms with E-state index in [1.807, 2.05) is 13.8 Å². The van der Waals surface area contributed by atoms with Gasteiger partial charge >= 0.3 is 11.9 Å². The van der Waals surface area contributed by atoms with E-state index in [2.05, 4.69) is 4.74 Å². The molecule has 0 aliphatic carbocycles. The van der Waals surface area contributed by atoms with Crippen molar-refractivity contribution in [3.05, 3.63) is 39.4 Å². The SMILES string of the molecule is COC(=O)c1cc(C(=O)OCC(=O)N(CC(C)C)C2CCS(=O)(=O)C2)cc([N+](=O)[O-])c1. The molecule has 11 nitrogen and oxygen atoms in total. The summed E-state index contributed by atoms with van der Waals surface area (Å²) in [6, 6.07) is 2.45. The summed E-state index contributed by atoms with van der Waals surface area (Å²) in [4.78, 5) is 48.5. The lowest BCUT2D eigenvalue weighted by molar-refractivity contribution is -0.384. The monoisotopic (exact) mass is 456 g/mol. The van der Waals surface area contributed by atoms with Crippen molar-refractivity contribution >= 4 is 33.4 Å². The van der Waals surface area contributed by atoms with Gasteiger partial charge in [-0.1, -0.05) is 13.8 Å². The maximum absolute atomic E-state index is 12.7. The maximum atomic E-state index is 12.7. The highest BCUT2D eigenvalue weighted by Crippen LogP contribution is 2.21. The fourth-order valence-electron chi connectivity index (χ4n) is 3.23. The summed E-state index contributed by atoms with van der Waals surface area (Å²) < 4.78 is 33.1. The van der Waals surface area contributed by atoms with Gasteiger partial charge in [0, 0.05) is 24.7 Å². The van der Waals surface area contributed by atoms with E-state index in [1.54, 1.807) is 0 Å². The lowest BCUT2D eigenvalue weighted by Gasteiger charge is -2.29. The van der Waals surface area contributed by atoms with Gasteiger partial charge in [0.1, 0.15) is 0 Å². The van der Waals surface area contributed by atoms with E-state index in [4.69, 9.17) is 4.74 Å². The summed E-state index contributed by atoms with van der Waals surface area (Å²) in [6.07, 6.45) is 0.308. The van der Waals surface area contributed by atoms with Gasteiger partial charge < -0.3 is 14.4 Å². The van der Waals surface area contributed by atoms with Crippen LogP contribution in [-0.4, -0.2) is 73.9 Å². The van der Waals surface area contributed by atoms with Crippen LogP contribution in [0.5, 0.6) is 0 Å². The fourth-order valence-corrected chi connectivity index (χ4v) is 4.96. The van der Waals surface area contributed by atoms with E-state index >= 15 is 0 Å². The average Bonchev–Trinajstić information content (AvgIpc) is 3.08. The van der Waals surface area contributed by atoms with Gasteiger partial charge in [-0.3, -0.25) is 14.9 Å². The molecular formula is C19H24N2O9S. The molecule has 0 spiro atoms. The summed E-state index contributed by atoms with van der Waals surface area (Å²) in [5.41, 5.74) is -1.02. The van der Waals surface area contributed by atoms with Crippen molar-refractivity contribution in [2.45, 2.75) is 26.3 Å². The molecule has 0 radical (unpaired) electrons. The van der Waals surface area contributed by atoms with Crippen LogP contribution in [0.3, 0.4) is 0 Å². The van der Waals surface area contributed by atoms with Crippen molar-refractivity contribution in [1.29, 1.82) is 0 Å². The van der Waals surface area contributed by atoms with Gasteiger partial charge in [-0.15, -0.1) is 0 Å². The summed E-state index contributed by atoms with van der Waals surface area (Å²) in [7, 11) is -2.13. The Morgan fingerprint density at radius 2 is 1.81 bits per heavy atom. The minimum Gasteiger partial charge on any atom is -0.465 e. The molecule has 170 valence electrons. The third kappa shape index (κ3) is 6.48. The molecule has 1 aromatic carbocycles. The number of hydrogen-bond donors (Lipinski definition) is 0. The van der Waals surface area contributed by atoms with Crippen LogP contribution < -0.4 is 0 Å². The molecule has 1 aliphatic heterocycles. The number of esters is 2. The van der Waals surface area contributed by atoms with Gasteiger partial charge in [0.25, 0.3) is 11.6 Å². The lowest BCUT2D eigenvalue weighted by Crippen LogP contribution is -2.45. The second-order valence-electron chi connectivity index (χ2n) is 7.59. The first-order valence-corrected chi connectivity index (χ1v) is 11.3. The number of nitro benzene ring substituents is 1. The Labute approximate surface area is 179 Å². The molecular weight excluding hydrogens is 432 g/mol. The molecule has 12 heteroatoms. The molecule has 2 rings (SSSR count). The lowest BCUT2D eigenvalue weighted by atomic mass is 10.1. The summed E-state index contributed by atoms with van der Waals surface area (Å²) in [6.45, 7) is 3.36. The zero-order valence-corrected chi connectivity index (χ0v) is 18.2. The molecule has 1 aromatic rings. The third-order valence-corrected chi connectivity index (χ3v) is 6.39. The standard InChI is InChI=1S/C19H24N2O9S/c1-12(2)9-20(15-4-5-31(27,28)11-15)17(22)10-30-19(24)14-6-13(18(23)29-3)7-16(8-14)21(25)26/h6-8,12,15H,4-5,9-11H2,1-3H3. The highest BCUT2D eigenvalue weighted by molar-refractivity contribution is 7.91. The number of rotatable bonds is 8. The molecule has 1 aliphatic rings. The van der Waals surface area contributed by atoms with Crippen molar-refractivity contribution in [1.82, 2.24) is 4.90 Å². The van der Waals surface area contributed by atoms with Crippen LogP contribution in [0.25, 0.3) is 0 Å². The van der Waals surface area contributed by atoms with Crippen LogP contribution >= 0.6 is 0 Å². The van der Waals surface area contributed by atoms with Crippen LogP contribution in [0.1, 0.15) is 41.0 Å². The second kappa shape index (κ2) is 9.86. The van der Waals surface area contributed by atoms with Gasteiger partial charge in [0.15, 0.2) is 16.4 Å². The van der Waals surface area contributed by atoms with Crippen LogP contribution in [0.15, 0.2) is 18.2 Å². The number of sulfone groups is 1. The molecule has 1 fully saturated rings. The topological polar surface area (TPSA) is 150 Å². The van der Waals surface area contributed by atoms with E-state index in [-0.39, 0.29) is 28.6 Å². The molecule has 0 aromatic heterocycles. The fraction of sp³-hybridized carbons (Fsp3) is 0.526. The normalized spacial score (nSPS) is 17.2. The summed E-state index contributed by atoms with van der Waals surface area (Å²) >= 11 is 0. The predicted molar refractivity (Wildman–Crippen MR) is 108 cm³/mol. The number of carbonyl (C=O) groups excluding carboxylic acids is 3. The van der Waals surface area contributed by atoms with Gasteiger partial charge in [0.05, 0.1) is 34.7 Å². The van der Waals surface area contributed by atoms with E-state index in [1.165, 1.54) is 4.90 Å². The highest BCUT2D eigenvalue weighted by Gasteiger charge is 2.35. The Morgan fingerprint density at radius 1 is 1.19 bits per heavy atom. The first-order chi connectivity index (χ1) is 14.4. The first-order valence-electron chi connectivity index (χ1n) is 9.48. The number of non-ortho nitro benzene ring substituents is 1. The van der Waals surface area contributed by atoms with Gasteiger partial charge in [-0.2, -0.15) is 0 Å². The molecule has 1 amide bonds. The number of methoxy groups -OCH3 is 1. The molecule has 1 saturated heterocycles. The number of amides is 1. The van der Waals surface area contributed by atoms with Gasteiger partial charge in [0.2, 0.25) is 0 Å². The van der Waals surface area contributed by atoms with Crippen LogP contribution in [0.2, 0.25) is 0 Å². The van der Waals surface area contributed by atoms with Crippen molar-refractivity contribution in [3.63, 3.8) is 0 Å². The number of benzene rings is 1. The number of nitro groups is 1. The minimum absolute atomic E-state index is 0.0106. The van der Waals surface area contributed by atoms with E-state index in [9.17, 15) is 32.9 Å². The maximum Gasteiger partial charge on any atom is 0.338 e. The Bertz CT molecular complexity index is 988. The molecule has 1 heterocycles. The quantitative estimate of drug-likeness (QED) is 0.319. The largest absolute Gasteiger partial charge is 0.465 e. The highest BCUT2D eigenvalue weighted by atomic mass is 32.2. The molecule has 0 bridgehead atoms. The number of hydrogen-bond acceptors (Lipinski definition) is 9. The zero-order valence-electron chi connectivity index (χ0n) is 17.4. The smallest absolute Gasteiger partial charge is 0.338 e. The minimum atomic E-state index is -3.22. The zero-order chi connectivity index (χ0) is 23.3. The van der Waals surface area contributed by atoms with Crippen molar-refractivity contribution in [2.24, 2.45) is 5.92 Å². The number of ether oxygens (including phenoxy) is 2. The molecule has 0 N–H and O–H groups in total. The third-order valence-electron chi connectivity index (χ3n) is 4.64. The summed E-state index contributed by atoms with van der Waals surface area (Å²) in [5, 5.41) is 11.1. The second-order valence-corrected chi connectivity index (χ2v) is 9.82. The summed E-state index contributed by atoms with van der Waals surface area (Å²) in [5.74, 6) is -2.58. The Kier molecular flexibility index (Phi) is 7.71. The number of carbonyl (C=O) groups is 3. The Hall–Kier alpha value is -3.02. The van der Waals surface area contributed by atoms with Gasteiger partial charge in [-0.05, 0) is 18.4 Å². The van der Waals surface area contributed by atoms with Crippen LogP contribution in [0.4, 0.5) is 5.69 Å². The Morgan fingerprint density at radius 3 is 2.29 bits per heavy atom. The molecule has 1 atom stereocenters. The first kappa shape index (κ1) is 24.3. The van der Waals surface area contributed by atoms with Crippen molar-refractivity contribution in [3.8, 4) is 0 Å². The van der Waals surface area contributed by atoms with Gasteiger partial charge in [-0.25, -0.2) is 18.0 Å². The van der Waals surface area contributed by atoms with E-state index in [0.29, 0.717) is 13.0 Å². The predicted octanol–water partition coefficient (Wildman–Crippen LogP) is 1.21. The van der Waals surface area contributed by atoms with Crippen molar-refractivity contribution in [2.75, 3.05) is 31.8 Å².